The lowest BCUT2D eigenvalue weighted by molar-refractivity contribution is -0.137. The normalized spacial score (nSPS) is 23.7. The quantitative estimate of drug-likeness (QED) is 0.819. The van der Waals surface area contributed by atoms with Crippen molar-refractivity contribution in [3.8, 4) is 0 Å². The third-order valence-corrected chi connectivity index (χ3v) is 6.10. The topological polar surface area (TPSA) is 101 Å². The van der Waals surface area contributed by atoms with Crippen LogP contribution in [0.15, 0.2) is 18.2 Å². The van der Waals surface area contributed by atoms with Gasteiger partial charge in [0.25, 0.3) is 0 Å². The minimum absolute atomic E-state index is 0.0303. The summed E-state index contributed by atoms with van der Waals surface area (Å²) in [6.45, 7) is 2.75. The first-order valence-electron chi connectivity index (χ1n) is 9.00. The van der Waals surface area contributed by atoms with E-state index in [0.29, 0.717) is 25.9 Å². The maximum Gasteiger partial charge on any atom is 0.228 e. The summed E-state index contributed by atoms with van der Waals surface area (Å²) in [5, 5.41) is 5.12. The lowest BCUT2D eigenvalue weighted by Gasteiger charge is -2.33. The number of aryl methyl sites for hydroxylation is 1. The lowest BCUT2D eigenvalue weighted by Crippen LogP contribution is -2.45. The SMILES string of the molecule is Cc1ccc(N2C[C@H](C(=O)N3CCC[C@@H](CS(N)(=O)=O)C3)CC2=O)c(F)c1. The maximum atomic E-state index is 14.2. The van der Waals surface area contributed by atoms with Gasteiger partial charge in [0, 0.05) is 26.1 Å². The summed E-state index contributed by atoms with van der Waals surface area (Å²) >= 11 is 0. The highest BCUT2D eigenvalue weighted by atomic mass is 32.2. The zero-order valence-corrected chi connectivity index (χ0v) is 16.0. The fourth-order valence-corrected chi connectivity index (χ4v) is 4.85. The average molecular weight is 397 g/mol. The van der Waals surface area contributed by atoms with E-state index >= 15 is 0 Å². The Morgan fingerprint density at radius 1 is 1.33 bits per heavy atom. The standard InChI is InChI=1S/C18H24FN3O4S/c1-12-4-5-16(15(19)7-12)22-10-14(8-17(22)23)18(24)21-6-2-3-13(9-21)11-27(20,25)26/h4-5,7,13-14H,2-3,6,8-11H2,1H3,(H2,20,25,26)/t13-,14-/m1/s1. The van der Waals surface area contributed by atoms with Crippen molar-refractivity contribution >= 4 is 27.5 Å². The minimum Gasteiger partial charge on any atom is -0.342 e. The zero-order valence-electron chi connectivity index (χ0n) is 15.2. The molecule has 148 valence electrons. The summed E-state index contributed by atoms with van der Waals surface area (Å²) < 4.78 is 36.8. The first-order chi connectivity index (χ1) is 12.6. The molecule has 0 radical (unpaired) electrons. The Labute approximate surface area is 158 Å². The molecule has 0 unspecified atom stereocenters. The van der Waals surface area contributed by atoms with E-state index in [4.69, 9.17) is 5.14 Å². The molecule has 2 saturated heterocycles. The number of nitrogens with two attached hydrogens (primary N) is 1. The molecule has 2 atom stereocenters. The van der Waals surface area contributed by atoms with Crippen molar-refractivity contribution in [3.63, 3.8) is 0 Å². The molecule has 3 rings (SSSR count). The Morgan fingerprint density at radius 3 is 2.74 bits per heavy atom. The summed E-state index contributed by atoms with van der Waals surface area (Å²) in [5.41, 5.74) is 0.941. The zero-order chi connectivity index (χ0) is 19.8. The van der Waals surface area contributed by atoms with E-state index in [-0.39, 0.29) is 42.1 Å². The van der Waals surface area contributed by atoms with Gasteiger partial charge in [-0.25, -0.2) is 17.9 Å². The number of primary sulfonamides is 1. The van der Waals surface area contributed by atoms with Crippen molar-refractivity contribution in [3.05, 3.63) is 29.6 Å². The van der Waals surface area contributed by atoms with Crippen LogP contribution < -0.4 is 10.0 Å². The van der Waals surface area contributed by atoms with E-state index in [1.165, 1.54) is 11.0 Å². The van der Waals surface area contributed by atoms with Gasteiger partial charge >= 0.3 is 0 Å². The van der Waals surface area contributed by atoms with E-state index in [9.17, 15) is 22.4 Å². The number of hydrogen-bond acceptors (Lipinski definition) is 4. The Balaban J connectivity index is 1.68. The van der Waals surface area contributed by atoms with Crippen molar-refractivity contribution in [2.24, 2.45) is 17.0 Å². The molecule has 2 heterocycles. The monoisotopic (exact) mass is 397 g/mol. The number of rotatable bonds is 4. The number of hydrogen-bond donors (Lipinski definition) is 1. The van der Waals surface area contributed by atoms with Crippen molar-refractivity contribution in [2.75, 3.05) is 30.3 Å². The summed E-state index contributed by atoms with van der Waals surface area (Å²) in [6.07, 6.45) is 1.43. The van der Waals surface area contributed by atoms with Gasteiger partial charge in [0.2, 0.25) is 21.8 Å². The molecule has 2 amide bonds. The number of anilines is 1. The second-order valence-corrected chi connectivity index (χ2v) is 9.14. The van der Waals surface area contributed by atoms with Crippen LogP contribution in [0.5, 0.6) is 0 Å². The molecule has 0 aromatic heterocycles. The number of nitrogens with zero attached hydrogens (tertiary/aromatic N) is 2. The number of carbonyl (C=O) groups excluding carboxylic acids is 2. The number of carbonyl (C=O) groups is 2. The third kappa shape index (κ3) is 4.65. The summed E-state index contributed by atoms with van der Waals surface area (Å²) in [5.74, 6) is -1.85. The molecule has 1 aromatic carbocycles. The van der Waals surface area contributed by atoms with Gasteiger partial charge in [0.15, 0.2) is 0 Å². The van der Waals surface area contributed by atoms with Gasteiger partial charge in [-0.05, 0) is 43.4 Å². The van der Waals surface area contributed by atoms with Gasteiger partial charge in [-0.15, -0.1) is 0 Å². The third-order valence-electron chi connectivity index (χ3n) is 5.17. The molecular weight excluding hydrogens is 373 g/mol. The molecule has 2 fully saturated rings. The van der Waals surface area contributed by atoms with Gasteiger partial charge in [-0.3, -0.25) is 9.59 Å². The van der Waals surface area contributed by atoms with E-state index in [0.717, 1.165) is 5.56 Å². The van der Waals surface area contributed by atoms with Crippen molar-refractivity contribution in [1.82, 2.24) is 4.90 Å². The van der Waals surface area contributed by atoms with Gasteiger partial charge in [0.05, 0.1) is 17.4 Å². The minimum atomic E-state index is -3.60. The molecule has 7 nitrogen and oxygen atoms in total. The van der Waals surface area contributed by atoms with Gasteiger partial charge < -0.3 is 9.80 Å². The predicted octanol–water partition coefficient (Wildman–Crippen LogP) is 1.01. The molecular formula is C18H24FN3O4S. The second-order valence-electron chi connectivity index (χ2n) is 7.48. The number of likely N-dealkylation sites (tertiary alicyclic amines) is 1. The van der Waals surface area contributed by atoms with Crippen LogP contribution >= 0.6 is 0 Å². The molecule has 2 N–H and O–H groups in total. The summed E-state index contributed by atoms with van der Waals surface area (Å²) in [4.78, 5) is 28.1. The second kappa shape index (κ2) is 7.55. The highest BCUT2D eigenvalue weighted by Gasteiger charge is 2.39. The maximum absolute atomic E-state index is 14.2. The van der Waals surface area contributed by atoms with Crippen molar-refractivity contribution in [1.29, 1.82) is 0 Å². The van der Waals surface area contributed by atoms with Crippen LogP contribution in [0.4, 0.5) is 10.1 Å². The largest absolute Gasteiger partial charge is 0.342 e. The molecule has 2 aliphatic heterocycles. The van der Waals surface area contributed by atoms with Gasteiger partial charge in [-0.2, -0.15) is 0 Å². The fraction of sp³-hybridized carbons (Fsp3) is 0.556. The number of benzene rings is 1. The Bertz CT molecular complexity index is 858. The van der Waals surface area contributed by atoms with E-state index in [1.54, 1.807) is 24.0 Å². The Hall–Kier alpha value is -2.00. The van der Waals surface area contributed by atoms with Crippen molar-refractivity contribution in [2.45, 2.75) is 26.2 Å². The number of sulfonamides is 1. The number of amides is 2. The van der Waals surface area contributed by atoms with Crippen LogP contribution in [0.3, 0.4) is 0 Å². The predicted molar refractivity (Wildman–Crippen MR) is 98.9 cm³/mol. The van der Waals surface area contributed by atoms with Gasteiger partial charge in [0.1, 0.15) is 5.82 Å². The Morgan fingerprint density at radius 2 is 2.07 bits per heavy atom. The molecule has 0 spiro atoms. The van der Waals surface area contributed by atoms with E-state index in [1.807, 2.05) is 0 Å². The highest BCUT2D eigenvalue weighted by Crippen LogP contribution is 2.30. The smallest absolute Gasteiger partial charge is 0.228 e. The molecule has 0 saturated carbocycles. The molecule has 9 heteroatoms. The summed E-state index contributed by atoms with van der Waals surface area (Å²) in [6, 6.07) is 4.64. The molecule has 27 heavy (non-hydrogen) atoms. The highest BCUT2D eigenvalue weighted by molar-refractivity contribution is 7.89. The average Bonchev–Trinajstić information content (AvgIpc) is 2.94. The Kier molecular flexibility index (Phi) is 5.53. The first-order valence-corrected chi connectivity index (χ1v) is 10.7. The lowest BCUT2D eigenvalue weighted by atomic mass is 9.98. The molecule has 0 aliphatic carbocycles. The van der Waals surface area contributed by atoms with Gasteiger partial charge in [-0.1, -0.05) is 6.07 Å². The van der Waals surface area contributed by atoms with Crippen LogP contribution in [0.25, 0.3) is 0 Å². The molecule has 1 aromatic rings. The van der Waals surface area contributed by atoms with Crippen LogP contribution in [0.1, 0.15) is 24.8 Å². The van der Waals surface area contributed by atoms with E-state index in [2.05, 4.69) is 0 Å². The van der Waals surface area contributed by atoms with Crippen LogP contribution in [-0.2, 0) is 19.6 Å². The number of halogens is 1. The summed E-state index contributed by atoms with van der Waals surface area (Å²) in [7, 11) is -3.60. The first kappa shape index (κ1) is 19.8. The van der Waals surface area contributed by atoms with Crippen LogP contribution in [0.2, 0.25) is 0 Å². The molecule has 2 aliphatic rings. The van der Waals surface area contributed by atoms with E-state index < -0.39 is 21.8 Å². The number of piperidine rings is 1. The fourth-order valence-electron chi connectivity index (χ4n) is 3.92. The van der Waals surface area contributed by atoms with Crippen molar-refractivity contribution < 1.29 is 22.4 Å². The van der Waals surface area contributed by atoms with Crippen LogP contribution in [-0.4, -0.2) is 50.5 Å². The van der Waals surface area contributed by atoms with Crippen LogP contribution in [0, 0.1) is 24.6 Å². The molecule has 0 bridgehead atoms.